The lowest BCUT2D eigenvalue weighted by atomic mass is 9.93. The number of alkyl halides is 3. The molecule has 31 heavy (non-hydrogen) atoms. The number of carbonyl (C=O) groups is 1. The minimum Gasteiger partial charge on any atom is -0.465 e. The van der Waals surface area contributed by atoms with Crippen LogP contribution >= 0.6 is 0 Å². The second-order valence-electron chi connectivity index (χ2n) is 7.06. The molecule has 2 aromatic rings. The van der Waals surface area contributed by atoms with Crippen LogP contribution in [0.4, 0.5) is 17.6 Å². The van der Waals surface area contributed by atoms with E-state index in [9.17, 15) is 30.8 Å². The molecule has 1 N–H and O–H groups in total. The van der Waals surface area contributed by atoms with Crippen LogP contribution in [-0.2, 0) is 38.5 Å². The van der Waals surface area contributed by atoms with Gasteiger partial charge in [0.25, 0.3) is 0 Å². The number of rotatable bonds is 7. The number of ether oxygens (including phenoxy) is 1. The van der Waals surface area contributed by atoms with E-state index in [0.717, 1.165) is 17.3 Å². The van der Waals surface area contributed by atoms with Gasteiger partial charge in [-0.1, -0.05) is 0 Å². The van der Waals surface area contributed by atoms with Crippen molar-refractivity contribution in [3.63, 3.8) is 0 Å². The van der Waals surface area contributed by atoms with Crippen molar-refractivity contribution in [3.8, 4) is 0 Å². The molecule has 0 fully saturated rings. The predicted octanol–water partition coefficient (Wildman–Crippen LogP) is 3.00. The van der Waals surface area contributed by atoms with E-state index in [2.05, 4.69) is 10.4 Å². The Labute approximate surface area is 176 Å². The molecule has 7 nitrogen and oxygen atoms in total. The molecule has 12 heteroatoms. The van der Waals surface area contributed by atoms with Gasteiger partial charge >= 0.3 is 12.1 Å². The fourth-order valence-corrected chi connectivity index (χ4v) is 4.65. The summed E-state index contributed by atoms with van der Waals surface area (Å²) in [5.41, 5.74) is 0.00414. The summed E-state index contributed by atoms with van der Waals surface area (Å²) in [5, 5.41) is 7.06. The predicted molar refractivity (Wildman–Crippen MR) is 101 cm³/mol. The SMILES string of the molecule is CCOC(=O)Cn1ncc2c1CCC[C@H]2NCS(=O)(=O)c1ccc(C(F)(F)F)c(F)c1. The number of halogens is 4. The largest absolute Gasteiger partial charge is 0.465 e. The van der Waals surface area contributed by atoms with Crippen LogP contribution in [0.5, 0.6) is 0 Å². The molecule has 0 saturated heterocycles. The van der Waals surface area contributed by atoms with Crippen LogP contribution in [0.2, 0.25) is 0 Å². The van der Waals surface area contributed by atoms with Crippen LogP contribution in [0.1, 0.15) is 42.6 Å². The molecule has 0 amide bonds. The fourth-order valence-electron chi connectivity index (χ4n) is 3.51. The lowest BCUT2D eigenvalue weighted by Gasteiger charge is -2.24. The highest BCUT2D eigenvalue weighted by molar-refractivity contribution is 7.91. The summed E-state index contributed by atoms with van der Waals surface area (Å²) < 4.78 is 83.4. The maximum atomic E-state index is 13.8. The van der Waals surface area contributed by atoms with Crippen LogP contribution < -0.4 is 5.32 Å². The first kappa shape index (κ1) is 23.2. The molecule has 0 unspecified atom stereocenters. The van der Waals surface area contributed by atoms with Crippen LogP contribution in [0.25, 0.3) is 0 Å². The van der Waals surface area contributed by atoms with Crippen molar-refractivity contribution in [2.24, 2.45) is 0 Å². The van der Waals surface area contributed by atoms with Crippen molar-refractivity contribution in [2.45, 2.75) is 49.8 Å². The number of sulfone groups is 1. The number of benzene rings is 1. The number of nitrogens with zero attached hydrogens (tertiary/aromatic N) is 2. The summed E-state index contributed by atoms with van der Waals surface area (Å²) in [6.45, 7) is 1.88. The quantitative estimate of drug-likeness (QED) is 0.502. The van der Waals surface area contributed by atoms with Gasteiger partial charge in [0.1, 0.15) is 18.2 Å². The van der Waals surface area contributed by atoms with Crippen LogP contribution in [-0.4, -0.2) is 36.7 Å². The Bertz CT molecular complexity index is 1070. The van der Waals surface area contributed by atoms with Gasteiger partial charge in [-0.3, -0.25) is 14.8 Å². The minimum absolute atomic E-state index is 0.0565. The standard InChI is InChI=1S/C19H21F4N3O4S/c1-2-30-18(27)10-26-17-5-3-4-16(13(17)9-25-26)24-11-31(28,29)12-6-7-14(15(20)8-12)19(21,22)23/h6-9,16,24H,2-5,10-11H2,1H3/t16-/m1/s1. The van der Waals surface area contributed by atoms with E-state index in [1.807, 2.05) is 0 Å². The van der Waals surface area contributed by atoms with E-state index in [1.54, 1.807) is 13.1 Å². The van der Waals surface area contributed by atoms with Gasteiger partial charge < -0.3 is 4.74 Å². The Balaban J connectivity index is 1.73. The van der Waals surface area contributed by atoms with Gasteiger partial charge in [-0.15, -0.1) is 0 Å². The maximum Gasteiger partial charge on any atom is 0.419 e. The average Bonchev–Trinajstić information content (AvgIpc) is 3.09. The first-order valence-electron chi connectivity index (χ1n) is 9.56. The number of esters is 1. The molecule has 0 bridgehead atoms. The summed E-state index contributed by atoms with van der Waals surface area (Å²) >= 11 is 0. The highest BCUT2D eigenvalue weighted by atomic mass is 32.2. The Morgan fingerprint density at radius 3 is 2.74 bits per heavy atom. The molecule has 1 heterocycles. The van der Waals surface area contributed by atoms with E-state index in [1.165, 1.54) is 4.68 Å². The van der Waals surface area contributed by atoms with Crippen molar-refractivity contribution in [1.29, 1.82) is 0 Å². The van der Waals surface area contributed by atoms with Gasteiger partial charge in [0.2, 0.25) is 0 Å². The highest BCUT2D eigenvalue weighted by Crippen LogP contribution is 2.33. The monoisotopic (exact) mass is 463 g/mol. The molecule has 0 aliphatic heterocycles. The Hall–Kier alpha value is -2.47. The summed E-state index contributed by atoms with van der Waals surface area (Å²) in [7, 11) is -4.09. The smallest absolute Gasteiger partial charge is 0.419 e. The minimum atomic E-state index is -4.91. The molecule has 0 saturated carbocycles. The summed E-state index contributed by atoms with van der Waals surface area (Å²) in [6.07, 6.45) is -1.38. The van der Waals surface area contributed by atoms with Crippen molar-refractivity contribution in [1.82, 2.24) is 15.1 Å². The number of carbonyl (C=O) groups excluding carboxylic acids is 1. The molecule has 170 valence electrons. The lowest BCUT2D eigenvalue weighted by molar-refractivity contribution is -0.144. The van der Waals surface area contributed by atoms with Gasteiger partial charge in [-0.05, 0) is 44.4 Å². The average molecular weight is 463 g/mol. The Morgan fingerprint density at radius 2 is 2.10 bits per heavy atom. The maximum absolute atomic E-state index is 13.8. The summed E-state index contributed by atoms with van der Waals surface area (Å²) in [6, 6.07) is 1.16. The van der Waals surface area contributed by atoms with Crippen LogP contribution in [0.3, 0.4) is 0 Å². The zero-order valence-corrected chi connectivity index (χ0v) is 17.4. The van der Waals surface area contributed by atoms with E-state index < -0.39 is 44.1 Å². The first-order valence-corrected chi connectivity index (χ1v) is 11.2. The molecule has 1 aromatic carbocycles. The van der Waals surface area contributed by atoms with E-state index in [0.29, 0.717) is 31.4 Å². The molecular weight excluding hydrogens is 442 g/mol. The second kappa shape index (κ2) is 8.95. The highest BCUT2D eigenvalue weighted by Gasteiger charge is 2.35. The van der Waals surface area contributed by atoms with E-state index >= 15 is 0 Å². The van der Waals surface area contributed by atoms with Gasteiger partial charge in [-0.2, -0.15) is 18.3 Å². The molecule has 3 rings (SSSR count). The Morgan fingerprint density at radius 1 is 1.35 bits per heavy atom. The van der Waals surface area contributed by atoms with E-state index in [-0.39, 0.29) is 19.2 Å². The second-order valence-corrected chi connectivity index (χ2v) is 9.05. The Kier molecular flexibility index (Phi) is 6.70. The van der Waals surface area contributed by atoms with Gasteiger partial charge in [-0.25, -0.2) is 12.8 Å². The van der Waals surface area contributed by atoms with Gasteiger partial charge in [0.15, 0.2) is 9.84 Å². The lowest BCUT2D eigenvalue weighted by Crippen LogP contribution is -2.30. The third-order valence-electron chi connectivity index (χ3n) is 4.97. The van der Waals surface area contributed by atoms with E-state index in [4.69, 9.17) is 4.74 Å². The zero-order valence-electron chi connectivity index (χ0n) is 16.6. The van der Waals surface area contributed by atoms with Crippen molar-refractivity contribution < 1.29 is 35.5 Å². The normalized spacial score (nSPS) is 16.7. The van der Waals surface area contributed by atoms with Crippen LogP contribution in [0.15, 0.2) is 29.3 Å². The topological polar surface area (TPSA) is 90.3 Å². The van der Waals surface area contributed by atoms with Gasteiger partial charge in [0.05, 0.1) is 23.3 Å². The molecular formula is C19H21F4N3O4S. The molecule has 1 aliphatic carbocycles. The van der Waals surface area contributed by atoms with Gasteiger partial charge in [0, 0.05) is 17.3 Å². The summed E-state index contributed by atoms with van der Waals surface area (Å²) in [4.78, 5) is 11.2. The third kappa shape index (κ3) is 5.24. The van der Waals surface area contributed by atoms with Crippen LogP contribution in [0, 0.1) is 5.82 Å². The number of aromatic nitrogens is 2. The molecule has 1 atom stereocenters. The molecule has 1 aliphatic rings. The molecule has 0 radical (unpaired) electrons. The number of hydrogen-bond donors (Lipinski definition) is 1. The molecule has 1 aromatic heterocycles. The zero-order chi connectivity index (χ0) is 22.8. The number of fused-ring (bicyclic) bond motifs is 1. The number of nitrogens with one attached hydrogen (secondary N) is 1. The summed E-state index contributed by atoms with van der Waals surface area (Å²) in [5.74, 6) is -2.67. The number of hydrogen-bond acceptors (Lipinski definition) is 6. The third-order valence-corrected chi connectivity index (χ3v) is 6.49. The van der Waals surface area contributed by atoms with Crippen molar-refractivity contribution in [3.05, 3.63) is 47.0 Å². The fraction of sp³-hybridized carbons (Fsp3) is 0.474. The van der Waals surface area contributed by atoms with Crippen molar-refractivity contribution >= 4 is 15.8 Å². The van der Waals surface area contributed by atoms with Crippen molar-refractivity contribution in [2.75, 3.05) is 12.5 Å². The first-order chi connectivity index (χ1) is 14.5. The molecule has 0 spiro atoms.